The van der Waals surface area contributed by atoms with E-state index in [1.807, 2.05) is 25.1 Å². The molecule has 1 aliphatic heterocycles. The number of alkyl halides is 2. The van der Waals surface area contributed by atoms with E-state index < -0.39 is 9.75 Å². The van der Waals surface area contributed by atoms with Gasteiger partial charge >= 0.3 is 0 Å². The lowest BCUT2D eigenvalue weighted by atomic mass is 10.0. The number of ether oxygens (including phenoxy) is 2. The van der Waals surface area contributed by atoms with Gasteiger partial charge in [-0.15, -0.1) is 23.2 Å². The molecule has 2 unspecified atom stereocenters. The van der Waals surface area contributed by atoms with Crippen LogP contribution in [0.1, 0.15) is 31.9 Å². The van der Waals surface area contributed by atoms with Crippen LogP contribution in [-0.2, 0) is 4.79 Å². The van der Waals surface area contributed by atoms with E-state index in [9.17, 15) is 4.79 Å². The summed E-state index contributed by atoms with van der Waals surface area (Å²) in [6.07, 6.45) is 0.475. The van der Waals surface area contributed by atoms with E-state index in [0.717, 1.165) is 11.3 Å². The van der Waals surface area contributed by atoms with Crippen molar-refractivity contribution in [3.63, 3.8) is 0 Å². The van der Waals surface area contributed by atoms with Crippen LogP contribution in [-0.4, -0.2) is 17.0 Å². The monoisotopic (exact) mass is 315 g/mol. The largest absolute Gasteiger partial charge is 0.454 e. The zero-order valence-corrected chi connectivity index (χ0v) is 12.7. The summed E-state index contributed by atoms with van der Waals surface area (Å²) >= 11 is 12.0. The van der Waals surface area contributed by atoms with Gasteiger partial charge in [-0.2, -0.15) is 0 Å². The van der Waals surface area contributed by atoms with Crippen LogP contribution in [0.4, 0.5) is 0 Å². The Balaban J connectivity index is 1.71. The summed E-state index contributed by atoms with van der Waals surface area (Å²) in [5, 5.41) is 2.94. The van der Waals surface area contributed by atoms with Crippen LogP contribution in [0.25, 0.3) is 0 Å². The molecule has 1 aromatic carbocycles. The highest BCUT2D eigenvalue weighted by molar-refractivity contribution is 6.53. The van der Waals surface area contributed by atoms with Crippen LogP contribution in [0.3, 0.4) is 0 Å². The summed E-state index contributed by atoms with van der Waals surface area (Å²) in [5.74, 6) is 1.29. The Morgan fingerprint density at radius 1 is 1.35 bits per heavy atom. The minimum Gasteiger partial charge on any atom is -0.454 e. The summed E-state index contributed by atoms with van der Waals surface area (Å²) in [6, 6.07) is 5.46. The summed E-state index contributed by atoms with van der Waals surface area (Å²) in [7, 11) is 0. The molecule has 0 radical (unpaired) electrons. The number of rotatable bonds is 3. The van der Waals surface area contributed by atoms with Crippen molar-refractivity contribution in [2.75, 3.05) is 6.79 Å². The van der Waals surface area contributed by atoms with Gasteiger partial charge in [-0.1, -0.05) is 6.07 Å². The van der Waals surface area contributed by atoms with Crippen molar-refractivity contribution in [2.45, 2.75) is 30.6 Å². The number of carbonyl (C=O) groups is 1. The molecule has 1 aromatic rings. The SMILES string of the molecule is CC(NC(=O)C1(C)CC1(Cl)Cl)c1ccc2c(c1)OCO2. The van der Waals surface area contributed by atoms with E-state index in [2.05, 4.69) is 5.32 Å². The highest BCUT2D eigenvalue weighted by Gasteiger charge is 2.67. The predicted molar refractivity (Wildman–Crippen MR) is 76.3 cm³/mol. The summed E-state index contributed by atoms with van der Waals surface area (Å²) in [6.45, 7) is 3.92. The molecule has 1 amide bonds. The van der Waals surface area contributed by atoms with Gasteiger partial charge in [-0.3, -0.25) is 4.79 Å². The van der Waals surface area contributed by atoms with Gasteiger partial charge in [0.2, 0.25) is 12.7 Å². The van der Waals surface area contributed by atoms with Crippen LogP contribution in [0, 0.1) is 5.41 Å². The number of hydrogen-bond donors (Lipinski definition) is 1. The Hall–Kier alpha value is -1.13. The standard InChI is InChI=1S/C14H15Cl2NO3/c1-8(17-12(18)13(2)6-14(13,15)16)9-3-4-10-11(5-9)20-7-19-10/h3-5,8H,6-7H2,1-2H3,(H,17,18). The van der Waals surface area contributed by atoms with Crippen LogP contribution in [0.15, 0.2) is 18.2 Å². The fourth-order valence-electron chi connectivity index (χ4n) is 2.27. The summed E-state index contributed by atoms with van der Waals surface area (Å²) in [5.41, 5.74) is 0.238. The molecule has 1 aliphatic carbocycles. The Labute approximate surface area is 127 Å². The quantitative estimate of drug-likeness (QED) is 0.871. The number of carbonyl (C=O) groups excluding carboxylic acids is 1. The lowest BCUT2D eigenvalue weighted by molar-refractivity contribution is -0.126. The molecule has 3 rings (SSSR count). The third-order valence-electron chi connectivity index (χ3n) is 4.00. The molecule has 0 spiro atoms. The van der Waals surface area contributed by atoms with Gasteiger partial charge in [0.15, 0.2) is 11.5 Å². The predicted octanol–water partition coefficient (Wildman–Crippen LogP) is 3.18. The maximum Gasteiger partial charge on any atom is 0.231 e. The summed E-state index contributed by atoms with van der Waals surface area (Å²) < 4.78 is 9.64. The first kappa shape index (κ1) is 13.8. The van der Waals surface area contributed by atoms with Crippen LogP contribution >= 0.6 is 23.2 Å². The third kappa shape index (κ3) is 2.11. The van der Waals surface area contributed by atoms with Crippen LogP contribution in [0.5, 0.6) is 11.5 Å². The number of amides is 1. The Bertz CT molecular complexity index is 576. The molecule has 2 atom stereocenters. The van der Waals surface area contributed by atoms with E-state index >= 15 is 0 Å². The van der Waals surface area contributed by atoms with E-state index in [1.54, 1.807) is 6.92 Å². The second-order valence-electron chi connectivity index (χ2n) is 5.52. The molecule has 2 aliphatic rings. The molecule has 0 bridgehead atoms. The van der Waals surface area contributed by atoms with Crippen molar-refractivity contribution in [1.82, 2.24) is 5.32 Å². The van der Waals surface area contributed by atoms with Gasteiger partial charge in [0, 0.05) is 0 Å². The first-order valence-corrected chi connectivity index (χ1v) is 7.17. The maximum atomic E-state index is 12.2. The maximum absolute atomic E-state index is 12.2. The Kier molecular flexibility index (Phi) is 3.07. The molecule has 0 aromatic heterocycles. The van der Waals surface area contributed by atoms with Gasteiger partial charge < -0.3 is 14.8 Å². The zero-order valence-electron chi connectivity index (χ0n) is 11.2. The van der Waals surface area contributed by atoms with Crippen molar-refractivity contribution in [1.29, 1.82) is 0 Å². The van der Waals surface area contributed by atoms with E-state index in [0.29, 0.717) is 12.2 Å². The molecule has 1 heterocycles. The van der Waals surface area contributed by atoms with Crippen LogP contribution < -0.4 is 14.8 Å². The van der Waals surface area contributed by atoms with E-state index in [1.165, 1.54) is 0 Å². The molecular formula is C14H15Cl2NO3. The number of benzene rings is 1. The lowest BCUT2D eigenvalue weighted by Crippen LogP contribution is -2.35. The van der Waals surface area contributed by atoms with Gasteiger partial charge in [-0.25, -0.2) is 0 Å². The number of halogens is 2. The molecule has 108 valence electrons. The molecule has 0 saturated heterocycles. The fourth-order valence-corrected chi connectivity index (χ4v) is 2.97. The van der Waals surface area contributed by atoms with Crippen molar-refractivity contribution in [3.8, 4) is 11.5 Å². The average Bonchev–Trinajstić information content (AvgIpc) is 2.78. The first-order valence-electron chi connectivity index (χ1n) is 6.42. The van der Waals surface area contributed by atoms with Crippen molar-refractivity contribution in [3.05, 3.63) is 23.8 Å². The van der Waals surface area contributed by atoms with Gasteiger partial charge in [0.1, 0.15) is 4.33 Å². The van der Waals surface area contributed by atoms with Gasteiger partial charge in [0.05, 0.1) is 11.5 Å². The Morgan fingerprint density at radius 2 is 2.00 bits per heavy atom. The molecule has 6 heteroatoms. The fraction of sp³-hybridized carbons (Fsp3) is 0.500. The van der Waals surface area contributed by atoms with Gasteiger partial charge in [-0.05, 0) is 38.0 Å². The van der Waals surface area contributed by atoms with Gasteiger partial charge in [0.25, 0.3) is 0 Å². The average molecular weight is 316 g/mol. The number of nitrogens with one attached hydrogen (secondary N) is 1. The summed E-state index contributed by atoms with van der Waals surface area (Å²) in [4.78, 5) is 12.2. The first-order chi connectivity index (χ1) is 9.33. The number of hydrogen-bond acceptors (Lipinski definition) is 3. The smallest absolute Gasteiger partial charge is 0.231 e. The molecule has 1 fully saturated rings. The minimum atomic E-state index is -0.953. The molecule has 20 heavy (non-hydrogen) atoms. The highest BCUT2D eigenvalue weighted by Crippen LogP contribution is 2.63. The topological polar surface area (TPSA) is 47.6 Å². The van der Waals surface area contributed by atoms with Crippen molar-refractivity contribution < 1.29 is 14.3 Å². The molecule has 1 N–H and O–H groups in total. The number of fused-ring (bicyclic) bond motifs is 1. The second kappa shape index (κ2) is 4.43. The lowest BCUT2D eigenvalue weighted by Gasteiger charge is -2.18. The highest BCUT2D eigenvalue weighted by atomic mass is 35.5. The van der Waals surface area contributed by atoms with E-state index in [4.69, 9.17) is 32.7 Å². The Morgan fingerprint density at radius 3 is 2.65 bits per heavy atom. The molecule has 1 saturated carbocycles. The molecular weight excluding hydrogens is 301 g/mol. The third-order valence-corrected chi connectivity index (χ3v) is 5.10. The van der Waals surface area contributed by atoms with E-state index in [-0.39, 0.29) is 18.7 Å². The van der Waals surface area contributed by atoms with Crippen molar-refractivity contribution >= 4 is 29.1 Å². The van der Waals surface area contributed by atoms with Crippen LogP contribution in [0.2, 0.25) is 0 Å². The molecule has 4 nitrogen and oxygen atoms in total. The van der Waals surface area contributed by atoms with Crippen molar-refractivity contribution in [2.24, 2.45) is 5.41 Å². The minimum absolute atomic E-state index is 0.132. The normalized spacial score (nSPS) is 27.0. The second-order valence-corrected chi connectivity index (χ2v) is 7.01. The zero-order chi connectivity index (χ0) is 14.5.